The molecule has 2 aliphatic rings. The predicted molar refractivity (Wildman–Crippen MR) is 144 cm³/mol. The van der Waals surface area contributed by atoms with E-state index >= 15 is 0 Å². The lowest BCUT2D eigenvalue weighted by molar-refractivity contribution is -0.134. The number of fused-ring (bicyclic) bond motifs is 2. The molecule has 2 aliphatic heterocycles. The van der Waals surface area contributed by atoms with Gasteiger partial charge in [0.2, 0.25) is 0 Å². The molecular formula is C31H26N4O3. The lowest BCUT2D eigenvalue weighted by Gasteiger charge is -2.29. The van der Waals surface area contributed by atoms with Crippen LogP contribution in [0, 0.1) is 13.8 Å². The second-order valence-electron chi connectivity index (χ2n) is 9.33. The van der Waals surface area contributed by atoms with Crippen LogP contribution in [0.3, 0.4) is 0 Å². The Morgan fingerprint density at radius 1 is 1.03 bits per heavy atom. The number of carbonyl (C=O) groups is 1. The van der Waals surface area contributed by atoms with E-state index in [-0.39, 0.29) is 18.2 Å². The molecule has 0 spiro atoms. The third kappa shape index (κ3) is 4.06. The maximum absolute atomic E-state index is 12.9. The number of aryl methyl sites for hydroxylation is 2. The normalized spacial score (nSPS) is 15.9. The van der Waals surface area contributed by atoms with Crippen molar-refractivity contribution in [2.75, 3.05) is 6.61 Å². The van der Waals surface area contributed by atoms with Gasteiger partial charge < -0.3 is 9.26 Å². The summed E-state index contributed by atoms with van der Waals surface area (Å²) in [4.78, 5) is 27.5. The molecule has 7 nitrogen and oxygen atoms in total. The highest BCUT2D eigenvalue weighted by atomic mass is 16.5. The molecule has 7 heteroatoms. The highest BCUT2D eigenvalue weighted by Gasteiger charge is 2.36. The van der Waals surface area contributed by atoms with Crippen LogP contribution in [0.4, 0.5) is 0 Å². The molecule has 2 aromatic heterocycles. The summed E-state index contributed by atoms with van der Waals surface area (Å²) >= 11 is 0. The van der Waals surface area contributed by atoms with E-state index in [0.717, 1.165) is 44.5 Å². The van der Waals surface area contributed by atoms with Gasteiger partial charge in [-0.15, -0.1) is 0 Å². The van der Waals surface area contributed by atoms with Crippen LogP contribution in [0.5, 0.6) is 0 Å². The van der Waals surface area contributed by atoms with E-state index in [1.165, 1.54) is 0 Å². The minimum absolute atomic E-state index is 0.163. The summed E-state index contributed by atoms with van der Waals surface area (Å²) in [5.41, 5.74) is 7.29. The summed E-state index contributed by atoms with van der Waals surface area (Å²) < 4.78 is 10.8. The summed E-state index contributed by atoms with van der Waals surface area (Å²) in [7, 11) is 0. The van der Waals surface area contributed by atoms with Gasteiger partial charge in [0.25, 0.3) is 0 Å². The van der Waals surface area contributed by atoms with Crippen LogP contribution in [0.1, 0.15) is 35.4 Å². The Balaban J connectivity index is 1.62. The average molecular weight is 503 g/mol. The fourth-order valence-corrected chi connectivity index (χ4v) is 5.33. The molecule has 188 valence electrons. The molecule has 1 unspecified atom stereocenters. The fourth-order valence-electron chi connectivity index (χ4n) is 5.33. The molecule has 0 saturated carbocycles. The molecule has 0 aliphatic carbocycles. The number of pyridine rings is 1. The molecular weight excluding hydrogens is 476 g/mol. The van der Waals surface area contributed by atoms with Gasteiger partial charge in [-0.05, 0) is 44.0 Å². The maximum atomic E-state index is 12.9. The summed E-state index contributed by atoms with van der Waals surface area (Å²) in [5, 5.41) is 5.01. The fraction of sp³-hybridized carbons (Fsp3) is 0.194. The molecule has 0 N–H and O–H groups in total. The largest absolute Gasteiger partial charge is 0.461 e. The zero-order valence-electron chi connectivity index (χ0n) is 21.4. The van der Waals surface area contributed by atoms with E-state index in [9.17, 15) is 4.79 Å². The Morgan fingerprint density at radius 3 is 2.32 bits per heavy atom. The Morgan fingerprint density at radius 2 is 1.71 bits per heavy atom. The van der Waals surface area contributed by atoms with E-state index in [0.29, 0.717) is 11.2 Å². The topological polar surface area (TPSA) is 89.9 Å². The standard InChI is InChI=1S/C31H26N4O3/c1-4-37-31(36)25-16-24-28(23-15-22(17-32-30(23)34-24)26-18(2)35-38-19(26)3)29(33-25)27(20-11-7-5-8-12-20)21-13-9-6-10-14-21/h5-17,27,29H,4H2,1-3H3. The zero-order valence-corrected chi connectivity index (χ0v) is 21.4. The number of rotatable bonds is 6. The number of aromatic nitrogens is 2. The first-order valence-corrected chi connectivity index (χ1v) is 12.6. The average Bonchev–Trinajstić information content (AvgIpc) is 3.48. The first-order chi connectivity index (χ1) is 18.5. The first kappa shape index (κ1) is 23.7. The number of benzene rings is 2. The number of hydrogen-bond acceptors (Lipinski definition) is 7. The van der Waals surface area contributed by atoms with Crippen LogP contribution in [0.15, 0.2) is 99.2 Å². The van der Waals surface area contributed by atoms with Gasteiger partial charge in [-0.3, -0.25) is 4.99 Å². The van der Waals surface area contributed by atoms with Crippen LogP contribution in [-0.4, -0.2) is 34.5 Å². The second kappa shape index (κ2) is 9.67. The second-order valence-corrected chi connectivity index (χ2v) is 9.33. The van der Waals surface area contributed by atoms with Crippen molar-refractivity contribution in [2.24, 2.45) is 9.98 Å². The number of carbonyl (C=O) groups excluding carboxylic acids is 1. The highest BCUT2D eigenvalue weighted by Crippen LogP contribution is 2.39. The SMILES string of the molecule is CCOC(=O)C1=NC(C(c2ccccc2)c2ccccc2)C2=c3cc(-c4c(C)noc4C)cnc3=NC2=C1. The smallest absolute Gasteiger partial charge is 0.356 e. The Labute approximate surface area is 219 Å². The molecule has 0 radical (unpaired) electrons. The Kier molecular flexibility index (Phi) is 6.04. The third-order valence-corrected chi connectivity index (χ3v) is 6.95. The molecule has 0 bridgehead atoms. The minimum atomic E-state index is -0.459. The lowest BCUT2D eigenvalue weighted by Crippen LogP contribution is -2.34. The molecule has 4 aromatic rings. The summed E-state index contributed by atoms with van der Waals surface area (Å²) in [6.07, 6.45) is 3.51. The van der Waals surface area contributed by atoms with Gasteiger partial charge in [0, 0.05) is 34.0 Å². The Hall–Kier alpha value is -4.65. The highest BCUT2D eigenvalue weighted by molar-refractivity contribution is 6.42. The molecule has 0 amide bonds. The van der Waals surface area contributed by atoms with Crippen molar-refractivity contribution in [1.29, 1.82) is 0 Å². The lowest BCUT2D eigenvalue weighted by atomic mass is 9.79. The van der Waals surface area contributed by atoms with Gasteiger partial charge in [-0.1, -0.05) is 65.8 Å². The molecule has 4 heterocycles. The molecule has 6 rings (SSSR count). The van der Waals surface area contributed by atoms with Crippen molar-refractivity contribution in [3.05, 3.63) is 118 Å². The van der Waals surface area contributed by atoms with Gasteiger partial charge in [0.05, 0.1) is 24.0 Å². The number of ether oxygens (including phenoxy) is 1. The van der Waals surface area contributed by atoms with Gasteiger partial charge in [-0.25, -0.2) is 14.8 Å². The first-order valence-electron chi connectivity index (χ1n) is 12.6. The minimum Gasteiger partial charge on any atom is -0.461 e. The van der Waals surface area contributed by atoms with Gasteiger partial charge >= 0.3 is 5.97 Å². The van der Waals surface area contributed by atoms with Crippen LogP contribution in [0.25, 0.3) is 16.7 Å². The Bertz CT molecular complexity index is 1660. The van der Waals surface area contributed by atoms with E-state index in [1.807, 2.05) is 50.2 Å². The number of hydrogen-bond donors (Lipinski definition) is 0. The molecule has 38 heavy (non-hydrogen) atoms. The van der Waals surface area contributed by atoms with Crippen LogP contribution < -0.4 is 10.7 Å². The van der Waals surface area contributed by atoms with E-state index in [1.54, 1.807) is 19.2 Å². The van der Waals surface area contributed by atoms with E-state index in [4.69, 9.17) is 24.2 Å². The number of nitrogens with zero attached hydrogens (tertiary/aromatic N) is 4. The number of esters is 1. The van der Waals surface area contributed by atoms with Crippen molar-refractivity contribution in [2.45, 2.75) is 32.7 Å². The van der Waals surface area contributed by atoms with Gasteiger partial charge in [0.1, 0.15) is 11.5 Å². The summed E-state index contributed by atoms with van der Waals surface area (Å²) in [5.74, 6) is 0.109. The molecule has 2 aromatic carbocycles. The van der Waals surface area contributed by atoms with Gasteiger partial charge in [-0.2, -0.15) is 0 Å². The van der Waals surface area contributed by atoms with Gasteiger partial charge in [0.15, 0.2) is 5.49 Å². The number of dihydropyridines is 1. The van der Waals surface area contributed by atoms with E-state index in [2.05, 4.69) is 35.5 Å². The van der Waals surface area contributed by atoms with Crippen LogP contribution in [0.2, 0.25) is 0 Å². The number of aliphatic imine (C=N–C) groups is 1. The summed E-state index contributed by atoms with van der Waals surface area (Å²) in [6.45, 7) is 5.87. The predicted octanol–water partition coefficient (Wildman–Crippen LogP) is 4.24. The molecule has 0 saturated heterocycles. The van der Waals surface area contributed by atoms with Crippen molar-refractivity contribution < 1.29 is 14.1 Å². The van der Waals surface area contributed by atoms with Crippen molar-refractivity contribution >= 4 is 17.3 Å². The van der Waals surface area contributed by atoms with E-state index < -0.39 is 12.0 Å². The quantitative estimate of drug-likeness (QED) is 0.368. The van der Waals surface area contributed by atoms with Crippen molar-refractivity contribution in [3.63, 3.8) is 0 Å². The zero-order chi connectivity index (χ0) is 26.2. The van der Waals surface area contributed by atoms with Crippen LogP contribution in [-0.2, 0) is 9.53 Å². The summed E-state index contributed by atoms with van der Waals surface area (Å²) in [6, 6.07) is 22.1. The van der Waals surface area contributed by atoms with Crippen molar-refractivity contribution in [3.8, 4) is 11.1 Å². The molecule has 1 atom stereocenters. The monoisotopic (exact) mass is 502 g/mol. The third-order valence-electron chi connectivity index (χ3n) is 6.95. The molecule has 0 fully saturated rings. The van der Waals surface area contributed by atoms with Crippen LogP contribution >= 0.6 is 0 Å². The maximum Gasteiger partial charge on any atom is 0.356 e. The van der Waals surface area contributed by atoms with Crippen molar-refractivity contribution in [1.82, 2.24) is 10.1 Å².